The highest BCUT2D eigenvalue weighted by atomic mass is 16.5. The number of hydrogen-bond donors (Lipinski definition) is 0. The molecule has 1 heterocycles. The molecule has 0 bridgehead atoms. The van der Waals surface area contributed by atoms with E-state index in [1.54, 1.807) is 13.4 Å². The van der Waals surface area contributed by atoms with E-state index in [1.165, 1.54) is 0 Å². The van der Waals surface area contributed by atoms with Crippen molar-refractivity contribution in [2.24, 2.45) is 0 Å². The minimum Gasteiger partial charge on any atom is -0.496 e. The maximum atomic E-state index is 12.7. The molecule has 170 valence electrons. The zero-order valence-corrected chi connectivity index (χ0v) is 19.4. The van der Waals surface area contributed by atoms with Gasteiger partial charge in [0.05, 0.1) is 19.5 Å². The van der Waals surface area contributed by atoms with Gasteiger partial charge in [-0.2, -0.15) is 0 Å². The number of ether oxygens (including phenoxy) is 2. The number of hydrogen-bond acceptors (Lipinski definition) is 4. The average Bonchev–Trinajstić information content (AvgIpc) is 3.33. The number of carbonyl (C=O) groups excluding carboxylic acids is 1. The minimum atomic E-state index is -0.00451. The van der Waals surface area contributed by atoms with Crippen molar-refractivity contribution in [3.8, 4) is 11.5 Å². The number of methoxy groups -OCH3 is 1. The maximum absolute atomic E-state index is 12.7. The van der Waals surface area contributed by atoms with Crippen molar-refractivity contribution in [2.75, 3.05) is 13.7 Å². The molecule has 0 spiro atoms. The van der Waals surface area contributed by atoms with Crippen molar-refractivity contribution in [2.45, 2.75) is 52.2 Å². The van der Waals surface area contributed by atoms with Crippen molar-refractivity contribution < 1.29 is 18.7 Å². The van der Waals surface area contributed by atoms with Crippen molar-refractivity contribution in [1.29, 1.82) is 0 Å². The number of carbonyl (C=O) groups is 1. The lowest BCUT2D eigenvalue weighted by Crippen LogP contribution is -2.31. The van der Waals surface area contributed by atoms with Crippen LogP contribution in [0.5, 0.6) is 11.5 Å². The van der Waals surface area contributed by atoms with E-state index in [1.807, 2.05) is 80.3 Å². The number of amides is 1. The molecule has 0 aliphatic heterocycles. The van der Waals surface area contributed by atoms with E-state index >= 15 is 0 Å². The summed E-state index contributed by atoms with van der Waals surface area (Å²) in [6.07, 6.45) is 3.02. The number of rotatable bonds is 11. The zero-order valence-electron chi connectivity index (χ0n) is 19.4. The number of para-hydroxylation sites is 1. The Hall–Kier alpha value is -3.21. The van der Waals surface area contributed by atoms with Gasteiger partial charge in [-0.1, -0.05) is 37.3 Å². The van der Waals surface area contributed by atoms with Gasteiger partial charge in [0.25, 0.3) is 0 Å². The fraction of sp³-hybridized carbons (Fsp3) is 0.370. The van der Waals surface area contributed by atoms with Crippen LogP contribution in [-0.2, 0) is 11.3 Å². The van der Waals surface area contributed by atoms with E-state index in [4.69, 9.17) is 13.9 Å². The molecule has 0 saturated heterocycles. The van der Waals surface area contributed by atoms with Gasteiger partial charge in [0.1, 0.15) is 17.3 Å². The molecule has 0 aliphatic carbocycles. The number of benzene rings is 2. The molecule has 3 rings (SSSR count). The van der Waals surface area contributed by atoms with Crippen LogP contribution < -0.4 is 9.47 Å². The van der Waals surface area contributed by atoms with E-state index in [0.717, 1.165) is 34.8 Å². The lowest BCUT2D eigenvalue weighted by atomic mass is 9.92. The first-order valence-corrected chi connectivity index (χ1v) is 11.2. The predicted octanol–water partition coefficient (Wildman–Crippen LogP) is 6.04. The van der Waals surface area contributed by atoms with Crippen LogP contribution >= 0.6 is 0 Å². The molecule has 0 aliphatic rings. The second-order valence-electron chi connectivity index (χ2n) is 8.08. The van der Waals surface area contributed by atoms with Crippen LogP contribution in [0.2, 0.25) is 0 Å². The van der Waals surface area contributed by atoms with E-state index in [0.29, 0.717) is 19.5 Å². The van der Waals surface area contributed by atoms with Crippen LogP contribution in [0.15, 0.2) is 71.3 Å². The van der Waals surface area contributed by atoms with Gasteiger partial charge < -0.3 is 18.8 Å². The summed E-state index contributed by atoms with van der Waals surface area (Å²) >= 11 is 0. The Labute approximate surface area is 191 Å². The summed E-state index contributed by atoms with van der Waals surface area (Å²) in [5.74, 6) is 2.66. The number of furan rings is 1. The molecule has 0 N–H and O–H groups in total. The van der Waals surface area contributed by atoms with Gasteiger partial charge in [0, 0.05) is 31.0 Å². The average molecular weight is 436 g/mol. The summed E-state index contributed by atoms with van der Waals surface area (Å²) in [6.45, 7) is 7.09. The molecular weight excluding hydrogens is 402 g/mol. The third kappa shape index (κ3) is 6.16. The predicted molar refractivity (Wildman–Crippen MR) is 126 cm³/mol. The molecule has 0 fully saturated rings. The summed E-state index contributed by atoms with van der Waals surface area (Å²) in [7, 11) is 1.68. The first-order valence-electron chi connectivity index (χ1n) is 11.2. The highest BCUT2D eigenvalue weighted by molar-refractivity contribution is 5.75. The summed E-state index contributed by atoms with van der Waals surface area (Å²) in [5, 5.41) is 0. The second-order valence-corrected chi connectivity index (χ2v) is 8.08. The first kappa shape index (κ1) is 23.5. The lowest BCUT2D eigenvalue weighted by molar-refractivity contribution is -0.131. The zero-order chi connectivity index (χ0) is 22.9. The molecular formula is C27H33NO4. The molecule has 0 unspecified atom stereocenters. The van der Waals surface area contributed by atoms with Crippen molar-refractivity contribution in [3.05, 3.63) is 83.8 Å². The van der Waals surface area contributed by atoms with Gasteiger partial charge in [0.2, 0.25) is 5.91 Å². The van der Waals surface area contributed by atoms with Crippen LogP contribution in [0.3, 0.4) is 0 Å². The fourth-order valence-electron chi connectivity index (χ4n) is 3.86. The standard InChI is InChI=1S/C27H33NO4/c1-5-27(29)28(19-21-12-14-22(15-13-21)32-20(2)3)17-16-24(26-11-8-18-31-26)23-9-6-7-10-25(23)30-4/h6-15,18,20,24H,5,16-17,19H2,1-4H3/t24-/m1/s1. The highest BCUT2D eigenvalue weighted by Crippen LogP contribution is 2.35. The summed E-state index contributed by atoms with van der Waals surface area (Å²) in [4.78, 5) is 14.7. The van der Waals surface area contributed by atoms with Gasteiger partial charge in [-0.25, -0.2) is 0 Å². The van der Waals surface area contributed by atoms with E-state index < -0.39 is 0 Å². The molecule has 5 nitrogen and oxygen atoms in total. The molecule has 0 radical (unpaired) electrons. The largest absolute Gasteiger partial charge is 0.496 e. The third-order valence-electron chi connectivity index (χ3n) is 5.41. The van der Waals surface area contributed by atoms with E-state index in [9.17, 15) is 4.79 Å². The summed E-state index contributed by atoms with van der Waals surface area (Å²) in [6, 6.07) is 19.8. The Kier molecular flexibility index (Phi) is 8.37. The molecule has 5 heteroatoms. The molecule has 2 aromatic carbocycles. The molecule has 1 aromatic heterocycles. The normalized spacial score (nSPS) is 11.9. The van der Waals surface area contributed by atoms with Crippen LogP contribution in [0.4, 0.5) is 0 Å². The lowest BCUT2D eigenvalue weighted by Gasteiger charge is -2.26. The monoisotopic (exact) mass is 435 g/mol. The quantitative estimate of drug-likeness (QED) is 0.369. The van der Waals surface area contributed by atoms with Crippen molar-refractivity contribution >= 4 is 5.91 Å². The topological polar surface area (TPSA) is 51.9 Å². The molecule has 1 atom stereocenters. The van der Waals surface area contributed by atoms with Gasteiger partial charge in [-0.05, 0) is 56.2 Å². The van der Waals surface area contributed by atoms with Crippen LogP contribution in [0.1, 0.15) is 56.4 Å². The Morgan fingerprint density at radius 1 is 1.03 bits per heavy atom. The molecule has 3 aromatic rings. The molecule has 0 saturated carbocycles. The SMILES string of the molecule is CCC(=O)N(CC[C@@H](c1ccco1)c1ccccc1OC)Cc1ccc(OC(C)C)cc1. The maximum Gasteiger partial charge on any atom is 0.222 e. The van der Waals surface area contributed by atoms with Crippen molar-refractivity contribution in [1.82, 2.24) is 4.90 Å². The van der Waals surface area contributed by atoms with Gasteiger partial charge in [-0.3, -0.25) is 4.79 Å². The molecule has 1 amide bonds. The van der Waals surface area contributed by atoms with Crippen LogP contribution in [0.25, 0.3) is 0 Å². The Morgan fingerprint density at radius 3 is 2.41 bits per heavy atom. The number of nitrogens with zero attached hydrogens (tertiary/aromatic N) is 1. The van der Waals surface area contributed by atoms with Gasteiger partial charge in [-0.15, -0.1) is 0 Å². The fourth-order valence-corrected chi connectivity index (χ4v) is 3.86. The van der Waals surface area contributed by atoms with E-state index in [-0.39, 0.29) is 17.9 Å². The smallest absolute Gasteiger partial charge is 0.222 e. The van der Waals surface area contributed by atoms with Crippen molar-refractivity contribution in [3.63, 3.8) is 0 Å². The minimum absolute atomic E-state index is 0.00451. The summed E-state index contributed by atoms with van der Waals surface area (Å²) < 4.78 is 17.1. The molecule has 32 heavy (non-hydrogen) atoms. The van der Waals surface area contributed by atoms with Gasteiger partial charge >= 0.3 is 0 Å². The van der Waals surface area contributed by atoms with Gasteiger partial charge in [0.15, 0.2) is 0 Å². The third-order valence-corrected chi connectivity index (χ3v) is 5.41. The second kappa shape index (κ2) is 11.4. The highest BCUT2D eigenvalue weighted by Gasteiger charge is 2.23. The van der Waals surface area contributed by atoms with E-state index in [2.05, 4.69) is 6.07 Å². The van der Waals surface area contributed by atoms with Crippen LogP contribution in [-0.4, -0.2) is 30.6 Å². The Balaban J connectivity index is 1.77. The summed E-state index contributed by atoms with van der Waals surface area (Å²) in [5.41, 5.74) is 2.14. The Bertz CT molecular complexity index is 964. The van der Waals surface area contributed by atoms with Crippen LogP contribution in [0, 0.1) is 0 Å². The Morgan fingerprint density at radius 2 is 1.78 bits per heavy atom. The first-order chi connectivity index (χ1) is 15.5.